The fraction of sp³-hybridized carbons (Fsp3) is 0.333. The molecule has 3 aromatic rings. The van der Waals surface area contributed by atoms with Crippen molar-refractivity contribution >= 4 is 50.7 Å². The average molecular weight is 659 g/mol. The number of benzene rings is 3. The number of carbonyl (C=O) groups is 2. The van der Waals surface area contributed by atoms with Crippen LogP contribution >= 0.6 is 23.2 Å². The standard InChI is InChI=1S/C30H32Cl2F3N3O4S/c1-4-20(2)36-29(40)27(16-21-8-6-5-7-9-21)37(18-22-10-12-23(31)13-11-22)28(39)19-38(43(3,41)42)24-14-15-26(32)25(17-24)30(33,34)35/h5-15,17,20,27H,4,16,18-19H2,1-3H3,(H,36,40)/t20-,27-/m0/s1. The third-order valence-corrected chi connectivity index (χ3v) is 8.48. The lowest BCUT2D eigenvalue weighted by Crippen LogP contribution is -2.54. The van der Waals surface area contributed by atoms with Gasteiger partial charge in [-0.2, -0.15) is 13.2 Å². The van der Waals surface area contributed by atoms with Crippen LogP contribution in [0.25, 0.3) is 0 Å². The number of hydrogen-bond donors (Lipinski definition) is 1. The second-order valence-corrected chi connectivity index (χ2v) is 12.9. The second kappa shape index (κ2) is 14.5. The van der Waals surface area contributed by atoms with Crippen LogP contribution in [0.5, 0.6) is 0 Å². The Kier molecular flexibility index (Phi) is 11.5. The van der Waals surface area contributed by atoms with Crippen molar-refractivity contribution in [3.05, 3.63) is 99.5 Å². The molecule has 13 heteroatoms. The molecule has 2 atom stereocenters. The molecule has 0 bridgehead atoms. The lowest BCUT2D eigenvalue weighted by Gasteiger charge is -2.34. The normalized spacial score (nSPS) is 13.2. The number of sulfonamides is 1. The molecular formula is C30H32Cl2F3N3O4S. The van der Waals surface area contributed by atoms with Gasteiger partial charge in [0.1, 0.15) is 12.6 Å². The zero-order valence-corrected chi connectivity index (χ0v) is 26.1. The van der Waals surface area contributed by atoms with Gasteiger partial charge in [0.05, 0.1) is 22.5 Å². The van der Waals surface area contributed by atoms with Gasteiger partial charge in [-0.1, -0.05) is 72.6 Å². The summed E-state index contributed by atoms with van der Waals surface area (Å²) in [5.74, 6) is -1.26. The van der Waals surface area contributed by atoms with Gasteiger partial charge in [0.2, 0.25) is 21.8 Å². The lowest BCUT2D eigenvalue weighted by atomic mass is 10.0. The van der Waals surface area contributed by atoms with Crippen molar-refractivity contribution < 1.29 is 31.2 Å². The topological polar surface area (TPSA) is 86.8 Å². The summed E-state index contributed by atoms with van der Waals surface area (Å²) in [6, 6.07) is 16.8. The van der Waals surface area contributed by atoms with Gasteiger partial charge in [-0.05, 0) is 54.8 Å². The van der Waals surface area contributed by atoms with Gasteiger partial charge in [-0.3, -0.25) is 13.9 Å². The molecule has 1 N–H and O–H groups in total. The van der Waals surface area contributed by atoms with E-state index in [2.05, 4.69) is 5.32 Å². The van der Waals surface area contributed by atoms with E-state index in [-0.39, 0.29) is 19.0 Å². The number of carbonyl (C=O) groups excluding carboxylic acids is 2. The summed E-state index contributed by atoms with van der Waals surface area (Å²) in [5.41, 5.74) is -0.305. The Morgan fingerprint density at radius 1 is 0.953 bits per heavy atom. The molecule has 0 aliphatic rings. The summed E-state index contributed by atoms with van der Waals surface area (Å²) in [6.45, 7) is 2.73. The van der Waals surface area contributed by atoms with E-state index >= 15 is 0 Å². The Morgan fingerprint density at radius 2 is 1.58 bits per heavy atom. The van der Waals surface area contributed by atoms with Crippen molar-refractivity contribution in [1.29, 1.82) is 0 Å². The Bertz CT molecular complexity index is 1520. The average Bonchev–Trinajstić information content (AvgIpc) is 2.94. The van der Waals surface area contributed by atoms with E-state index in [1.165, 1.54) is 4.90 Å². The van der Waals surface area contributed by atoms with Crippen molar-refractivity contribution in [2.75, 3.05) is 17.1 Å². The van der Waals surface area contributed by atoms with Crippen molar-refractivity contribution in [1.82, 2.24) is 10.2 Å². The summed E-state index contributed by atoms with van der Waals surface area (Å²) in [7, 11) is -4.27. The maximum Gasteiger partial charge on any atom is 0.417 e. The molecule has 0 saturated heterocycles. The maximum atomic E-state index is 14.1. The van der Waals surface area contributed by atoms with Gasteiger partial charge in [0, 0.05) is 24.0 Å². The van der Waals surface area contributed by atoms with Crippen LogP contribution in [0.4, 0.5) is 18.9 Å². The van der Waals surface area contributed by atoms with Gasteiger partial charge in [-0.15, -0.1) is 0 Å². The largest absolute Gasteiger partial charge is 0.417 e. The van der Waals surface area contributed by atoms with Gasteiger partial charge in [-0.25, -0.2) is 8.42 Å². The van der Waals surface area contributed by atoms with Crippen molar-refractivity contribution in [2.45, 2.75) is 51.5 Å². The first-order valence-electron chi connectivity index (χ1n) is 13.3. The third-order valence-electron chi connectivity index (χ3n) is 6.76. The Morgan fingerprint density at radius 3 is 2.14 bits per heavy atom. The minimum Gasteiger partial charge on any atom is -0.352 e. The summed E-state index contributed by atoms with van der Waals surface area (Å²) >= 11 is 11.8. The van der Waals surface area contributed by atoms with Crippen LogP contribution in [0, 0.1) is 0 Å². The predicted octanol–water partition coefficient (Wildman–Crippen LogP) is 6.33. The van der Waals surface area contributed by atoms with Gasteiger partial charge < -0.3 is 10.2 Å². The van der Waals surface area contributed by atoms with Crippen LogP contribution in [0.2, 0.25) is 10.0 Å². The zero-order valence-electron chi connectivity index (χ0n) is 23.7. The minimum absolute atomic E-state index is 0.0977. The fourth-order valence-corrected chi connectivity index (χ4v) is 5.47. The first-order chi connectivity index (χ1) is 20.1. The number of rotatable bonds is 12. The van der Waals surface area contributed by atoms with Gasteiger partial charge >= 0.3 is 6.18 Å². The molecule has 43 heavy (non-hydrogen) atoms. The molecular weight excluding hydrogens is 626 g/mol. The molecule has 3 aromatic carbocycles. The molecule has 0 aliphatic heterocycles. The third kappa shape index (κ3) is 9.61. The number of nitrogens with zero attached hydrogens (tertiary/aromatic N) is 2. The van der Waals surface area contributed by atoms with Crippen LogP contribution in [0.3, 0.4) is 0 Å². The molecule has 2 amide bonds. The Balaban J connectivity index is 2.10. The lowest BCUT2D eigenvalue weighted by molar-refractivity contribution is -0.140. The van der Waals surface area contributed by atoms with Gasteiger partial charge in [0.15, 0.2) is 0 Å². The number of anilines is 1. The molecule has 0 unspecified atom stereocenters. The summed E-state index contributed by atoms with van der Waals surface area (Å²) in [4.78, 5) is 28.9. The van der Waals surface area contributed by atoms with E-state index in [0.29, 0.717) is 27.4 Å². The van der Waals surface area contributed by atoms with E-state index in [4.69, 9.17) is 23.2 Å². The number of halogens is 5. The molecule has 0 radical (unpaired) electrons. The number of amides is 2. The number of alkyl halides is 3. The molecule has 0 aliphatic carbocycles. The van der Waals surface area contributed by atoms with Crippen LogP contribution in [-0.2, 0) is 38.8 Å². The second-order valence-electron chi connectivity index (χ2n) is 10.1. The summed E-state index contributed by atoms with van der Waals surface area (Å²) in [6.07, 6.45) is -3.37. The van der Waals surface area contributed by atoms with E-state index in [1.54, 1.807) is 54.6 Å². The van der Waals surface area contributed by atoms with Crippen LogP contribution < -0.4 is 9.62 Å². The number of nitrogens with one attached hydrogen (secondary N) is 1. The molecule has 7 nitrogen and oxygen atoms in total. The number of hydrogen-bond acceptors (Lipinski definition) is 4. The quantitative estimate of drug-likeness (QED) is 0.247. The molecule has 0 saturated carbocycles. The molecule has 3 rings (SSSR count). The van der Waals surface area contributed by atoms with Crippen molar-refractivity contribution in [3.8, 4) is 0 Å². The SMILES string of the molecule is CC[C@H](C)NC(=O)[C@H](Cc1ccccc1)N(Cc1ccc(Cl)cc1)C(=O)CN(c1ccc(Cl)c(C(F)(F)F)c1)S(C)(=O)=O. The molecule has 0 aromatic heterocycles. The van der Waals surface area contributed by atoms with Crippen molar-refractivity contribution in [2.24, 2.45) is 0 Å². The van der Waals surface area contributed by atoms with Crippen LogP contribution in [0.15, 0.2) is 72.8 Å². The predicted molar refractivity (Wildman–Crippen MR) is 162 cm³/mol. The highest BCUT2D eigenvalue weighted by atomic mass is 35.5. The minimum atomic E-state index is -4.87. The first-order valence-corrected chi connectivity index (χ1v) is 15.9. The fourth-order valence-electron chi connectivity index (χ4n) is 4.28. The molecule has 0 fully saturated rings. The molecule has 232 valence electrons. The molecule has 0 heterocycles. The smallest absolute Gasteiger partial charge is 0.352 e. The van der Waals surface area contributed by atoms with Gasteiger partial charge in [0.25, 0.3) is 0 Å². The Labute approximate surface area is 259 Å². The van der Waals surface area contributed by atoms with E-state index in [0.717, 1.165) is 24.0 Å². The summed E-state index contributed by atoms with van der Waals surface area (Å²) < 4.78 is 67.1. The summed E-state index contributed by atoms with van der Waals surface area (Å²) in [5, 5.41) is 2.73. The highest BCUT2D eigenvalue weighted by Crippen LogP contribution is 2.37. The monoisotopic (exact) mass is 657 g/mol. The zero-order chi connectivity index (χ0) is 31.9. The van der Waals surface area contributed by atoms with E-state index in [1.807, 2.05) is 13.8 Å². The maximum absolute atomic E-state index is 14.1. The van der Waals surface area contributed by atoms with E-state index in [9.17, 15) is 31.2 Å². The first kappa shape index (κ1) is 34.2. The van der Waals surface area contributed by atoms with Crippen molar-refractivity contribution in [3.63, 3.8) is 0 Å². The highest BCUT2D eigenvalue weighted by molar-refractivity contribution is 7.92. The van der Waals surface area contributed by atoms with E-state index < -0.39 is 56.9 Å². The molecule has 0 spiro atoms. The highest BCUT2D eigenvalue weighted by Gasteiger charge is 2.36. The Hall–Kier alpha value is -3.28. The van der Waals surface area contributed by atoms with Crippen LogP contribution in [-0.4, -0.2) is 50.0 Å². The van der Waals surface area contributed by atoms with Crippen LogP contribution in [0.1, 0.15) is 37.0 Å².